The third-order valence-corrected chi connectivity index (χ3v) is 4.09. The Hall–Kier alpha value is -1.11. The van der Waals surface area contributed by atoms with Gasteiger partial charge >= 0.3 is 0 Å². The number of sulfonamides is 1. The molecule has 0 saturated carbocycles. The highest BCUT2D eigenvalue weighted by atomic mass is 32.2. The molecule has 2 N–H and O–H groups in total. The van der Waals surface area contributed by atoms with Crippen molar-refractivity contribution >= 4 is 10.0 Å². The largest absolute Gasteiger partial charge is 0.496 e. The second-order valence-electron chi connectivity index (χ2n) is 6.11. The number of rotatable bonds is 7. The van der Waals surface area contributed by atoms with Gasteiger partial charge in [-0.25, -0.2) is 13.1 Å². The lowest BCUT2D eigenvalue weighted by molar-refractivity contribution is 0.380. The van der Waals surface area contributed by atoms with Crippen LogP contribution in [-0.2, 0) is 10.0 Å². The molecule has 1 aromatic carbocycles. The average molecular weight is 314 g/mol. The fourth-order valence-corrected chi connectivity index (χ4v) is 3.31. The maximum atomic E-state index is 11.3. The van der Waals surface area contributed by atoms with E-state index >= 15 is 0 Å². The number of hydrogen-bond donors (Lipinski definition) is 2. The van der Waals surface area contributed by atoms with Crippen molar-refractivity contribution in [3.63, 3.8) is 0 Å². The molecule has 1 rings (SSSR count). The van der Waals surface area contributed by atoms with E-state index in [-0.39, 0.29) is 6.04 Å². The van der Waals surface area contributed by atoms with Gasteiger partial charge < -0.3 is 10.1 Å². The highest BCUT2D eigenvalue weighted by Crippen LogP contribution is 2.26. The van der Waals surface area contributed by atoms with Crippen molar-refractivity contribution in [1.82, 2.24) is 10.0 Å². The molecular weight excluding hydrogens is 288 g/mol. The maximum Gasteiger partial charge on any atom is 0.209 e. The van der Waals surface area contributed by atoms with Crippen LogP contribution < -0.4 is 14.8 Å². The smallest absolute Gasteiger partial charge is 0.209 e. The minimum absolute atomic E-state index is 0.0567. The second-order valence-corrected chi connectivity index (χ2v) is 7.85. The van der Waals surface area contributed by atoms with E-state index in [9.17, 15) is 8.42 Å². The molecule has 0 aliphatic heterocycles. The van der Waals surface area contributed by atoms with E-state index in [4.69, 9.17) is 4.74 Å². The minimum atomic E-state index is -3.23. The van der Waals surface area contributed by atoms with E-state index in [0.717, 1.165) is 16.9 Å². The monoisotopic (exact) mass is 314 g/mol. The Morgan fingerprint density at radius 2 is 1.95 bits per heavy atom. The van der Waals surface area contributed by atoms with Crippen LogP contribution in [0.1, 0.15) is 37.9 Å². The molecule has 0 amide bonds. The molecule has 0 bridgehead atoms. The summed E-state index contributed by atoms with van der Waals surface area (Å²) in [4.78, 5) is 0. The summed E-state index contributed by atoms with van der Waals surface area (Å²) in [5.41, 5.74) is 1.64. The minimum Gasteiger partial charge on any atom is -0.496 e. The molecule has 0 aliphatic carbocycles. The lowest BCUT2D eigenvalue weighted by atomic mass is 10.0. The zero-order chi connectivity index (χ0) is 16.3. The molecule has 0 heterocycles. The van der Waals surface area contributed by atoms with Crippen molar-refractivity contribution in [3.8, 4) is 5.75 Å². The highest BCUT2D eigenvalue weighted by Gasteiger charge is 2.23. The Morgan fingerprint density at radius 1 is 1.33 bits per heavy atom. The molecule has 1 unspecified atom stereocenters. The van der Waals surface area contributed by atoms with Gasteiger partial charge in [-0.2, -0.15) is 0 Å². The average Bonchev–Trinajstić information content (AvgIpc) is 2.33. The quantitative estimate of drug-likeness (QED) is 0.807. The summed E-state index contributed by atoms with van der Waals surface area (Å²) in [5, 5.41) is 3.35. The van der Waals surface area contributed by atoms with E-state index < -0.39 is 15.6 Å². The van der Waals surface area contributed by atoms with Gasteiger partial charge in [0.05, 0.1) is 13.4 Å². The lowest BCUT2D eigenvalue weighted by Gasteiger charge is -2.28. The van der Waals surface area contributed by atoms with E-state index in [2.05, 4.69) is 10.0 Å². The van der Waals surface area contributed by atoms with E-state index in [1.54, 1.807) is 7.11 Å². The molecule has 0 spiro atoms. The van der Waals surface area contributed by atoms with Crippen molar-refractivity contribution in [2.75, 3.05) is 19.9 Å². The van der Waals surface area contributed by atoms with Gasteiger partial charge in [-0.3, -0.25) is 0 Å². The van der Waals surface area contributed by atoms with Gasteiger partial charge in [-0.1, -0.05) is 12.1 Å². The predicted molar refractivity (Wildman–Crippen MR) is 86.2 cm³/mol. The van der Waals surface area contributed by atoms with E-state index in [1.165, 1.54) is 6.26 Å². The highest BCUT2D eigenvalue weighted by molar-refractivity contribution is 7.88. The van der Waals surface area contributed by atoms with Crippen LogP contribution in [0.15, 0.2) is 18.2 Å². The topological polar surface area (TPSA) is 67.4 Å². The molecule has 0 radical (unpaired) electrons. The van der Waals surface area contributed by atoms with Gasteiger partial charge in [-0.15, -0.1) is 0 Å². The van der Waals surface area contributed by atoms with Crippen LogP contribution in [0.2, 0.25) is 0 Å². The number of methoxy groups -OCH3 is 1. The first-order valence-electron chi connectivity index (χ1n) is 6.91. The van der Waals surface area contributed by atoms with Crippen LogP contribution in [0.5, 0.6) is 5.75 Å². The van der Waals surface area contributed by atoms with Crippen molar-refractivity contribution in [1.29, 1.82) is 0 Å². The van der Waals surface area contributed by atoms with Crippen LogP contribution in [0.4, 0.5) is 0 Å². The summed E-state index contributed by atoms with van der Waals surface area (Å²) in [6, 6.07) is 6.12. The fraction of sp³-hybridized carbons (Fsp3) is 0.600. The van der Waals surface area contributed by atoms with Crippen LogP contribution in [0, 0.1) is 6.92 Å². The summed E-state index contributed by atoms with van der Waals surface area (Å²) in [6.07, 6.45) is 1.17. The zero-order valence-corrected chi connectivity index (χ0v) is 14.5. The molecule has 21 heavy (non-hydrogen) atoms. The molecule has 1 aromatic rings. The van der Waals surface area contributed by atoms with Crippen molar-refractivity contribution in [3.05, 3.63) is 29.3 Å². The summed E-state index contributed by atoms with van der Waals surface area (Å²) >= 11 is 0. The molecule has 1 atom stereocenters. The molecule has 0 aromatic heterocycles. The Labute approximate surface area is 128 Å². The first kappa shape index (κ1) is 17.9. The van der Waals surface area contributed by atoms with Crippen LogP contribution >= 0.6 is 0 Å². The maximum absolute atomic E-state index is 11.3. The van der Waals surface area contributed by atoms with Crippen LogP contribution in [-0.4, -0.2) is 33.9 Å². The molecule has 5 nitrogen and oxygen atoms in total. The Bertz CT molecular complexity index is 583. The summed E-state index contributed by atoms with van der Waals surface area (Å²) in [5.74, 6) is 0.837. The fourth-order valence-electron chi connectivity index (χ4n) is 2.23. The Balaban J connectivity index is 2.76. The SMILES string of the molecule is COc1cc(C)ccc1C(C)NCC(C)(C)NS(C)(=O)=O. The van der Waals surface area contributed by atoms with Crippen molar-refractivity contribution in [2.45, 2.75) is 39.3 Å². The Morgan fingerprint density at radius 3 is 2.48 bits per heavy atom. The van der Waals surface area contributed by atoms with E-state index in [0.29, 0.717) is 6.54 Å². The number of benzene rings is 1. The zero-order valence-electron chi connectivity index (χ0n) is 13.6. The third-order valence-electron chi connectivity index (χ3n) is 3.17. The number of hydrogen-bond acceptors (Lipinski definition) is 4. The molecule has 0 aliphatic rings. The normalized spacial score (nSPS) is 14.0. The van der Waals surface area contributed by atoms with Crippen LogP contribution in [0.25, 0.3) is 0 Å². The molecule has 120 valence electrons. The standard InChI is InChI=1S/C15H26N2O3S/c1-11-7-8-13(14(9-11)20-5)12(2)16-10-15(3,4)17-21(6,18)19/h7-9,12,16-17H,10H2,1-6H3. The van der Waals surface area contributed by atoms with Crippen molar-refractivity contribution in [2.24, 2.45) is 0 Å². The first-order chi connectivity index (χ1) is 9.54. The summed E-state index contributed by atoms with van der Waals surface area (Å²) < 4.78 is 30.7. The van der Waals surface area contributed by atoms with Gasteiger partial charge in [0, 0.05) is 23.7 Å². The number of aryl methyl sites for hydroxylation is 1. The summed E-state index contributed by atoms with van der Waals surface area (Å²) in [6.45, 7) is 8.26. The third kappa shape index (κ3) is 6.03. The lowest BCUT2D eigenvalue weighted by Crippen LogP contribution is -2.50. The molecule has 0 saturated heterocycles. The van der Waals surface area contributed by atoms with Gasteiger partial charge in [0.1, 0.15) is 5.75 Å². The molecule has 0 fully saturated rings. The van der Waals surface area contributed by atoms with Crippen LogP contribution in [0.3, 0.4) is 0 Å². The van der Waals surface area contributed by atoms with E-state index in [1.807, 2.05) is 45.9 Å². The summed E-state index contributed by atoms with van der Waals surface area (Å²) in [7, 11) is -1.57. The van der Waals surface area contributed by atoms with Gasteiger partial charge in [0.15, 0.2) is 0 Å². The second kappa shape index (κ2) is 6.77. The predicted octanol–water partition coefficient (Wildman–Crippen LogP) is 1.98. The number of nitrogens with one attached hydrogen (secondary N) is 2. The molecular formula is C15H26N2O3S. The van der Waals surface area contributed by atoms with Gasteiger partial charge in [0.25, 0.3) is 0 Å². The van der Waals surface area contributed by atoms with Gasteiger partial charge in [-0.05, 0) is 39.3 Å². The first-order valence-corrected chi connectivity index (χ1v) is 8.80. The Kier molecular flexibility index (Phi) is 5.78. The number of ether oxygens (including phenoxy) is 1. The molecule has 6 heteroatoms. The van der Waals surface area contributed by atoms with Gasteiger partial charge in [0.2, 0.25) is 10.0 Å². The van der Waals surface area contributed by atoms with Crippen molar-refractivity contribution < 1.29 is 13.2 Å².